The summed E-state index contributed by atoms with van der Waals surface area (Å²) in [4.78, 5) is 32.0. The van der Waals surface area contributed by atoms with Crippen LogP contribution in [0, 0.1) is 5.92 Å². The molecule has 0 spiro atoms. The molecule has 0 saturated carbocycles. The normalized spacial score (nSPS) is 22.4. The van der Waals surface area contributed by atoms with Crippen molar-refractivity contribution in [3.8, 4) is 5.75 Å². The molecule has 4 bridgehead atoms. The number of benzene rings is 2. The summed E-state index contributed by atoms with van der Waals surface area (Å²) in [5.74, 6) is 0.802. The molecule has 0 N–H and O–H groups in total. The fourth-order valence-corrected chi connectivity index (χ4v) is 3.53. The Morgan fingerprint density at radius 3 is 2.94 bits per heavy atom. The molecule has 1 unspecified atom stereocenters. The number of amides is 1. The first-order valence-corrected chi connectivity index (χ1v) is 10.0. The zero-order valence-electron chi connectivity index (χ0n) is 16.6. The van der Waals surface area contributed by atoms with E-state index in [1.807, 2.05) is 60.9 Å². The SMILES string of the molecule is O=C1/N=C/C=C\Oc2ccc3ncnc(c3c2)/N=c2\cccc\c2=C/N2C=CC1CC2. The molecular formula is C24H19N5O2. The predicted octanol–water partition coefficient (Wildman–Crippen LogP) is 2.66. The van der Waals surface area contributed by atoms with E-state index in [1.54, 1.807) is 6.08 Å². The Kier molecular flexibility index (Phi) is 5.06. The van der Waals surface area contributed by atoms with Crippen molar-refractivity contribution in [2.24, 2.45) is 15.9 Å². The van der Waals surface area contributed by atoms with Crippen molar-refractivity contribution < 1.29 is 9.53 Å². The van der Waals surface area contributed by atoms with Gasteiger partial charge in [-0.25, -0.2) is 20.0 Å². The van der Waals surface area contributed by atoms with Crippen molar-refractivity contribution in [3.63, 3.8) is 0 Å². The first-order chi connectivity index (χ1) is 15.3. The van der Waals surface area contributed by atoms with Gasteiger partial charge in [0.2, 0.25) is 0 Å². The Labute approximate surface area is 178 Å². The largest absolute Gasteiger partial charge is 0.465 e. The first-order valence-electron chi connectivity index (χ1n) is 10.0. The molecule has 152 valence electrons. The summed E-state index contributed by atoms with van der Waals surface area (Å²) in [6.45, 7) is 0.718. The number of aromatic nitrogens is 2. The Bertz CT molecular complexity index is 1360. The smallest absolute Gasteiger partial charge is 0.252 e. The average Bonchev–Trinajstić information content (AvgIpc) is 2.80. The lowest BCUT2D eigenvalue weighted by molar-refractivity contribution is -0.120. The third-order valence-electron chi connectivity index (χ3n) is 5.15. The average molecular weight is 409 g/mol. The van der Waals surface area contributed by atoms with Gasteiger partial charge in [0.25, 0.3) is 5.91 Å². The van der Waals surface area contributed by atoms with E-state index in [1.165, 1.54) is 18.8 Å². The number of allylic oxidation sites excluding steroid dienone is 1. The number of aliphatic imine (C=N–C) groups is 1. The summed E-state index contributed by atoms with van der Waals surface area (Å²) in [6.07, 6.45) is 12.6. The minimum absolute atomic E-state index is 0.162. The van der Waals surface area contributed by atoms with Gasteiger partial charge in [-0.3, -0.25) is 4.79 Å². The number of rotatable bonds is 0. The van der Waals surface area contributed by atoms with Gasteiger partial charge in [0, 0.05) is 35.8 Å². The van der Waals surface area contributed by atoms with Gasteiger partial charge in [0.05, 0.1) is 23.1 Å². The molecule has 3 aliphatic heterocycles. The van der Waals surface area contributed by atoms with Crippen LogP contribution in [0.1, 0.15) is 6.42 Å². The second-order valence-electron chi connectivity index (χ2n) is 7.21. The fourth-order valence-electron chi connectivity index (χ4n) is 3.53. The minimum atomic E-state index is -0.222. The molecular weight excluding hydrogens is 390 g/mol. The number of hydrogen-bond donors (Lipinski definition) is 0. The molecule has 1 amide bonds. The highest BCUT2D eigenvalue weighted by Gasteiger charge is 2.18. The van der Waals surface area contributed by atoms with E-state index >= 15 is 0 Å². The standard InChI is InChI=1S/C24H19N5O2/c30-24-17-8-11-29(12-9-17)15-18-4-1-2-5-21(18)28-23-20-14-19(31-13-3-10-25-24)6-7-22(20)26-16-27-23/h1-8,10-11,13-17H,9,12H2/b13-3-,18-15+,25-10+,28-21+. The van der Waals surface area contributed by atoms with Crippen molar-refractivity contribution in [3.05, 3.63) is 84.0 Å². The molecule has 7 nitrogen and oxygen atoms in total. The maximum atomic E-state index is 12.3. The van der Waals surface area contributed by atoms with E-state index in [9.17, 15) is 4.79 Å². The number of nitrogens with zero attached hydrogens (tertiary/aromatic N) is 5. The summed E-state index contributed by atoms with van der Waals surface area (Å²) >= 11 is 0. The predicted molar refractivity (Wildman–Crippen MR) is 118 cm³/mol. The number of fused-ring (bicyclic) bond motifs is 4. The van der Waals surface area contributed by atoms with Gasteiger partial charge in [-0.1, -0.05) is 24.3 Å². The van der Waals surface area contributed by atoms with Gasteiger partial charge in [-0.2, -0.15) is 0 Å². The van der Waals surface area contributed by atoms with E-state index in [0.717, 1.165) is 28.0 Å². The molecule has 0 saturated heterocycles. The van der Waals surface area contributed by atoms with Crippen molar-refractivity contribution in [2.45, 2.75) is 6.42 Å². The van der Waals surface area contributed by atoms with Crippen LogP contribution in [-0.2, 0) is 4.79 Å². The number of para-hydroxylation sites is 1. The van der Waals surface area contributed by atoms with Crippen LogP contribution in [0.15, 0.2) is 83.4 Å². The fraction of sp³-hybridized carbons (Fsp3) is 0.125. The Balaban J connectivity index is 1.70. The molecule has 2 aromatic carbocycles. The van der Waals surface area contributed by atoms with Crippen LogP contribution in [-0.4, -0.2) is 33.5 Å². The molecule has 6 rings (SSSR count). The zero-order chi connectivity index (χ0) is 21.0. The van der Waals surface area contributed by atoms with E-state index in [-0.39, 0.29) is 11.8 Å². The van der Waals surface area contributed by atoms with Gasteiger partial charge in [0.1, 0.15) is 12.1 Å². The molecule has 3 aliphatic rings. The van der Waals surface area contributed by atoms with Crippen molar-refractivity contribution >= 4 is 35.0 Å². The summed E-state index contributed by atoms with van der Waals surface area (Å²) < 4.78 is 5.67. The number of carbonyl (C=O) groups excluding carboxylic acids is 1. The molecule has 31 heavy (non-hydrogen) atoms. The Morgan fingerprint density at radius 1 is 1.10 bits per heavy atom. The summed E-state index contributed by atoms with van der Waals surface area (Å²) in [5, 5.41) is 2.54. The highest BCUT2D eigenvalue weighted by Crippen LogP contribution is 2.26. The van der Waals surface area contributed by atoms with Gasteiger partial charge in [-0.15, -0.1) is 0 Å². The summed E-state index contributed by atoms with van der Waals surface area (Å²) in [7, 11) is 0. The molecule has 0 radical (unpaired) electrons. The minimum Gasteiger partial charge on any atom is -0.465 e. The highest BCUT2D eigenvalue weighted by molar-refractivity contribution is 5.91. The first kappa shape index (κ1) is 18.9. The number of ether oxygens (including phenoxy) is 1. The van der Waals surface area contributed by atoms with Crippen molar-refractivity contribution in [2.75, 3.05) is 6.54 Å². The number of hydrogen-bond acceptors (Lipinski definition) is 6. The van der Waals surface area contributed by atoms with Crippen LogP contribution in [0.25, 0.3) is 17.1 Å². The molecule has 7 heteroatoms. The topological polar surface area (TPSA) is 80.0 Å². The van der Waals surface area contributed by atoms with Crippen LogP contribution in [0.4, 0.5) is 5.82 Å². The van der Waals surface area contributed by atoms with Gasteiger partial charge in [0.15, 0.2) is 5.82 Å². The quantitative estimate of drug-likeness (QED) is 0.570. The lowest BCUT2D eigenvalue weighted by Crippen LogP contribution is -2.30. The Morgan fingerprint density at radius 2 is 2.03 bits per heavy atom. The van der Waals surface area contributed by atoms with Gasteiger partial charge in [-0.05, 0) is 36.8 Å². The summed E-state index contributed by atoms with van der Waals surface area (Å²) in [6, 6.07) is 13.4. The van der Waals surface area contributed by atoms with Crippen LogP contribution >= 0.6 is 0 Å². The van der Waals surface area contributed by atoms with E-state index in [4.69, 9.17) is 9.73 Å². The van der Waals surface area contributed by atoms with Gasteiger partial charge < -0.3 is 9.64 Å². The lowest BCUT2D eigenvalue weighted by atomic mass is 10.0. The van der Waals surface area contributed by atoms with E-state index in [2.05, 4.69) is 19.9 Å². The van der Waals surface area contributed by atoms with Gasteiger partial charge >= 0.3 is 0 Å². The monoisotopic (exact) mass is 409 g/mol. The maximum Gasteiger partial charge on any atom is 0.252 e. The van der Waals surface area contributed by atoms with Crippen molar-refractivity contribution in [1.29, 1.82) is 0 Å². The molecule has 1 atom stereocenters. The maximum absolute atomic E-state index is 12.3. The highest BCUT2D eigenvalue weighted by atomic mass is 16.5. The van der Waals surface area contributed by atoms with Crippen LogP contribution in [0.3, 0.4) is 0 Å². The second-order valence-corrected chi connectivity index (χ2v) is 7.21. The van der Waals surface area contributed by atoms with Crippen LogP contribution < -0.4 is 15.3 Å². The van der Waals surface area contributed by atoms with Crippen LogP contribution in [0.5, 0.6) is 5.75 Å². The lowest BCUT2D eigenvalue weighted by Gasteiger charge is -2.23. The molecule has 0 aliphatic carbocycles. The summed E-state index contributed by atoms with van der Waals surface area (Å²) in [5.41, 5.74) is 0.776. The third kappa shape index (κ3) is 4.11. The number of carbonyl (C=O) groups is 1. The molecule has 1 aromatic heterocycles. The molecule has 3 aromatic rings. The van der Waals surface area contributed by atoms with Crippen molar-refractivity contribution in [1.82, 2.24) is 14.9 Å². The molecule has 0 fully saturated rings. The zero-order valence-corrected chi connectivity index (χ0v) is 16.6. The Hall–Kier alpha value is -4.13. The van der Waals surface area contributed by atoms with Crippen LogP contribution in [0.2, 0.25) is 0 Å². The van der Waals surface area contributed by atoms with E-state index < -0.39 is 0 Å². The third-order valence-corrected chi connectivity index (χ3v) is 5.15. The molecule has 4 heterocycles. The van der Waals surface area contributed by atoms with E-state index in [0.29, 0.717) is 18.0 Å². The second kappa shape index (κ2) is 8.31.